The van der Waals surface area contributed by atoms with Crippen molar-refractivity contribution in [3.63, 3.8) is 0 Å². The normalized spacial score (nSPS) is 18.8. The molecule has 1 atom stereocenters. The summed E-state index contributed by atoms with van der Waals surface area (Å²) in [5.41, 5.74) is 2.04. The number of rotatable bonds is 5. The van der Waals surface area contributed by atoms with Crippen molar-refractivity contribution in [3.8, 4) is 5.75 Å². The molecule has 0 N–H and O–H groups in total. The van der Waals surface area contributed by atoms with Crippen molar-refractivity contribution in [2.24, 2.45) is 0 Å². The van der Waals surface area contributed by atoms with Crippen LogP contribution in [0.25, 0.3) is 0 Å². The van der Waals surface area contributed by atoms with E-state index in [1.807, 2.05) is 6.07 Å². The van der Waals surface area contributed by atoms with Crippen LogP contribution in [0, 0.1) is 17.5 Å². The van der Waals surface area contributed by atoms with Crippen LogP contribution in [0.4, 0.5) is 13.2 Å². The number of hydrogen-bond acceptors (Lipinski definition) is 4. The molecule has 1 saturated heterocycles. The van der Waals surface area contributed by atoms with Gasteiger partial charge in [0.25, 0.3) is 0 Å². The lowest BCUT2D eigenvalue weighted by Crippen LogP contribution is -2.49. The highest BCUT2D eigenvalue weighted by Crippen LogP contribution is 2.44. The maximum Gasteiger partial charge on any atom is 0.142 e. The maximum atomic E-state index is 14.3. The summed E-state index contributed by atoms with van der Waals surface area (Å²) in [6.45, 7) is 4.74. The fourth-order valence-corrected chi connectivity index (χ4v) is 5.91. The Kier molecular flexibility index (Phi) is 7.06. The summed E-state index contributed by atoms with van der Waals surface area (Å²) < 4.78 is 47.0. The highest BCUT2D eigenvalue weighted by atomic mass is 35.5. The zero-order chi connectivity index (χ0) is 23.7. The van der Waals surface area contributed by atoms with Gasteiger partial charge in [-0.1, -0.05) is 29.4 Å². The molecule has 0 amide bonds. The standard InChI is InChI=1S/C26H24ClF3N2OS/c27-22-15-21-24(13-17-1-2-19(29)14-25(17)34-26(21)16-23(22)30)32-9-7-31(8-10-32)11-12-33-20-5-3-18(28)4-6-20/h1-6,14-16,24H,7-13H2/t24-/m1/s1. The van der Waals surface area contributed by atoms with Gasteiger partial charge in [-0.3, -0.25) is 9.80 Å². The monoisotopic (exact) mass is 504 g/mol. The molecule has 0 bridgehead atoms. The fourth-order valence-electron chi connectivity index (χ4n) is 4.57. The first-order valence-electron chi connectivity index (χ1n) is 11.3. The molecule has 34 heavy (non-hydrogen) atoms. The van der Waals surface area contributed by atoms with E-state index in [4.69, 9.17) is 16.3 Å². The van der Waals surface area contributed by atoms with Crippen LogP contribution in [-0.4, -0.2) is 49.1 Å². The van der Waals surface area contributed by atoms with E-state index in [0.29, 0.717) is 18.8 Å². The summed E-state index contributed by atoms with van der Waals surface area (Å²) in [6.07, 6.45) is 0.714. The first-order chi connectivity index (χ1) is 16.5. The van der Waals surface area contributed by atoms with Crippen LogP contribution in [0.3, 0.4) is 0 Å². The van der Waals surface area contributed by atoms with E-state index in [2.05, 4.69) is 9.80 Å². The van der Waals surface area contributed by atoms with Gasteiger partial charge in [0.1, 0.15) is 29.8 Å². The van der Waals surface area contributed by atoms with Crippen LogP contribution < -0.4 is 4.74 Å². The van der Waals surface area contributed by atoms with Gasteiger partial charge in [-0.25, -0.2) is 13.2 Å². The molecule has 3 aromatic carbocycles. The summed E-state index contributed by atoms with van der Waals surface area (Å²) in [5.74, 6) is -0.375. The van der Waals surface area contributed by atoms with Crippen molar-refractivity contribution < 1.29 is 17.9 Å². The Labute approximate surface area is 206 Å². The van der Waals surface area contributed by atoms with Gasteiger partial charge in [-0.2, -0.15) is 0 Å². The Morgan fingerprint density at radius 3 is 2.38 bits per heavy atom. The van der Waals surface area contributed by atoms with Gasteiger partial charge in [0.2, 0.25) is 0 Å². The predicted octanol–water partition coefficient (Wildman–Crippen LogP) is 6.20. The fraction of sp³-hybridized carbons (Fsp3) is 0.308. The Morgan fingerprint density at radius 2 is 1.62 bits per heavy atom. The van der Waals surface area contributed by atoms with Gasteiger partial charge in [-0.05, 0) is 66.1 Å². The second-order valence-electron chi connectivity index (χ2n) is 8.56. The molecule has 0 saturated carbocycles. The molecule has 0 aliphatic carbocycles. The molecule has 3 nitrogen and oxygen atoms in total. The first-order valence-corrected chi connectivity index (χ1v) is 12.5. The van der Waals surface area contributed by atoms with Crippen molar-refractivity contribution in [2.45, 2.75) is 22.3 Å². The lowest BCUT2D eigenvalue weighted by molar-refractivity contribution is 0.0850. The van der Waals surface area contributed by atoms with E-state index in [-0.39, 0.29) is 22.7 Å². The highest BCUT2D eigenvalue weighted by Gasteiger charge is 2.31. The quantitative estimate of drug-likeness (QED) is 0.411. The number of benzene rings is 3. The molecule has 0 spiro atoms. The lowest BCUT2D eigenvalue weighted by Gasteiger charge is -2.39. The number of hydrogen-bond donors (Lipinski definition) is 0. The van der Waals surface area contributed by atoms with Gasteiger partial charge in [0.05, 0.1) is 5.02 Å². The Morgan fingerprint density at radius 1 is 0.882 bits per heavy atom. The molecule has 8 heteroatoms. The predicted molar refractivity (Wildman–Crippen MR) is 128 cm³/mol. The topological polar surface area (TPSA) is 15.7 Å². The van der Waals surface area contributed by atoms with Gasteiger partial charge in [0.15, 0.2) is 0 Å². The Balaban J connectivity index is 1.27. The first kappa shape index (κ1) is 23.5. The molecule has 1 fully saturated rings. The maximum absolute atomic E-state index is 14.3. The summed E-state index contributed by atoms with van der Waals surface area (Å²) in [5, 5.41) is 0.109. The molecule has 0 unspecified atom stereocenters. The molecule has 178 valence electrons. The minimum Gasteiger partial charge on any atom is -0.492 e. The average Bonchev–Trinajstić information content (AvgIpc) is 2.97. The molecule has 3 aromatic rings. The van der Waals surface area contributed by atoms with Crippen molar-refractivity contribution in [3.05, 3.63) is 88.2 Å². The molecule has 0 radical (unpaired) electrons. The molecular formula is C26H24ClF3N2OS. The van der Waals surface area contributed by atoms with E-state index >= 15 is 0 Å². The zero-order valence-corrected chi connectivity index (χ0v) is 20.0. The van der Waals surface area contributed by atoms with Crippen LogP contribution in [0.1, 0.15) is 17.2 Å². The van der Waals surface area contributed by atoms with E-state index < -0.39 is 5.82 Å². The molecular weight excluding hydrogens is 481 g/mol. The van der Waals surface area contributed by atoms with Crippen molar-refractivity contribution >= 4 is 23.4 Å². The summed E-state index contributed by atoms with van der Waals surface area (Å²) in [6, 6.07) is 14.1. The molecule has 2 aliphatic heterocycles. The van der Waals surface area contributed by atoms with Crippen LogP contribution in [0.2, 0.25) is 5.02 Å². The summed E-state index contributed by atoms with van der Waals surface area (Å²) >= 11 is 7.58. The van der Waals surface area contributed by atoms with Crippen molar-refractivity contribution in [2.75, 3.05) is 39.3 Å². The molecule has 5 rings (SSSR count). The lowest BCUT2D eigenvalue weighted by atomic mass is 9.96. The number of nitrogens with zero attached hydrogens (tertiary/aromatic N) is 2. The SMILES string of the molecule is Fc1ccc(OCCN2CCN([C@@H]3Cc4ccc(F)cc4Sc4cc(F)c(Cl)cc43)CC2)cc1. The van der Waals surface area contributed by atoms with Crippen LogP contribution in [-0.2, 0) is 6.42 Å². The van der Waals surface area contributed by atoms with E-state index in [0.717, 1.165) is 53.6 Å². The van der Waals surface area contributed by atoms with Gasteiger partial charge in [0, 0.05) is 48.6 Å². The second kappa shape index (κ2) is 10.2. The van der Waals surface area contributed by atoms with Gasteiger partial charge in [-0.15, -0.1) is 0 Å². The Hall–Kier alpha value is -2.19. The van der Waals surface area contributed by atoms with E-state index in [9.17, 15) is 13.2 Å². The number of fused-ring (bicyclic) bond motifs is 2. The largest absolute Gasteiger partial charge is 0.492 e. The second-order valence-corrected chi connectivity index (χ2v) is 10.0. The summed E-state index contributed by atoms with van der Waals surface area (Å²) in [4.78, 5) is 6.35. The van der Waals surface area contributed by atoms with Crippen molar-refractivity contribution in [1.82, 2.24) is 9.80 Å². The number of ether oxygens (including phenoxy) is 1. The van der Waals surface area contributed by atoms with Crippen LogP contribution in [0.5, 0.6) is 5.75 Å². The summed E-state index contributed by atoms with van der Waals surface area (Å²) in [7, 11) is 0. The molecule has 2 aliphatic rings. The zero-order valence-electron chi connectivity index (χ0n) is 18.4. The smallest absolute Gasteiger partial charge is 0.142 e. The minimum atomic E-state index is -0.461. The minimum absolute atomic E-state index is 0.0323. The number of piperazine rings is 1. The van der Waals surface area contributed by atoms with Crippen molar-refractivity contribution in [1.29, 1.82) is 0 Å². The van der Waals surface area contributed by atoms with Crippen LogP contribution in [0.15, 0.2) is 64.4 Å². The van der Waals surface area contributed by atoms with Gasteiger partial charge >= 0.3 is 0 Å². The highest BCUT2D eigenvalue weighted by molar-refractivity contribution is 7.99. The molecule has 0 aromatic heterocycles. The average molecular weight is 505 g/mol. The Bertz CT molecular complexity index is 1170. The van der Waals surface area contributed by atoms with Gasteiger partial charge < -0.3 is 4.74 Å². The van der Waals surface area contributed by atoms with E-state index in [1.54, 1.807) is 18.2 Å². The number of halogens is 4. The third-order valence-electron chi connectivity index (χ3n) is 6.41. The third-order valence-corrected chi connectivity index (χ3v) is 7.87. The van der Waals surface area contributed by atoms with E-state index in [1.165, 1.54) is 42.1 Å². The third kappa shape index (κ3) is 5.23. The molecule has 2 heterocycles. The van der Waals surface area contributed by atoms with Crippen LogP contribution >= 0.6 is 23.4 Å².